The quantitative estimate of drug-likeness (QED) is 0.864. The van der Waals surface area contributed by atoms with Crippen molar-refractivity contribution < 1.29 is 0 Å². The predicted molar refractivity (Wildman–Crippen MR) is 75.8 cm³/mol. The van der Waals surface area contributed by atoms with E-state index < -0.39 is 0 Å². The summed E-state index contributed by atoms with van der Waals surface area (Å²) < 4.78 is 0. The summed E-state index contributed by atoms with van der Waals surface area (Å²) >= 11 is 0. The lowest BCUT2D eigenvalue weighted by atomic mass is 9.86. The van der Waals surface area contributed by atoms with Gasteiger partial charge in [0.1, 0.15) is 5.82 Å². The lowest BCUT2D eigenvalue weighted by Crippen LogP contribution is -2.14. The summed E-state index contributed by atoms with van der Waals surface area (Å²) in [6, 6.07) is 8.46. The topological polar surface area (TPSA) is 40.7 Å². The summed E-state index contributed by atoms with van der Waals surface area (Å²) in [5.74, 6) is 0.955. The Bertz CT molecular complexity index is 521. The van der Waals surface area contributed by atoms with Crippen LogP contribution in [0.5, 0.6) is 0 Å². The van der Waals surface area contributed by atoms with Gasteiger partial charge in [-0.05, 0) is 24.0 Å². The van der Waals surface area contributed by atoms with Gasteiger partial charge < -0.3 is 10.3 Å². The Morgan fingerprint density at radius 1 is 1.22 bits per heavy atom. The van der Waals surface area contributed by atoms with Crippen LogP contribution in [0.25, 0.3) is 0 Å². The first kappa shape index (κ1) is 12.7. The summed E-state index contributed by atoms with van der Waals surface area (Å²) in [5.41, 5.74) is 3.78. The van der Waals surface area contributed by atoms with E-state index in [1.54, 1.807) is 0 Å². The van der Waals surface area contributed by atoms with Gasteiger partial charge in [0.15, 0.2) is 0 Å². The van der Waals surface area contributed by atoms with Crippen molar-refractivity contribution in [3.63, 3.8) is 0 Å². The van der Waals surface area contributed by atoms with Gasteiger partial charge in [-0.15, -0.1) is 0 Å². The third-order valence-electron chi connectivity index (χ3n) is 2.96. The highest BCUT2D eigenvalue weighted by molar-refractivity contribution is 5.54. The number of nitrogens with one attached hydrogen (secondary N) is 2. The molecule has 0 aliphatic carbocycles. The molecule has 0 bridgehead atoms. The molecule has 0 atom stereocenters. The minimum Gasteiger partial charge on any atom is -0.379 e. The van der Waals surface area contributed by atoms with Crippen molar-refractivity contribution in [1.29, 1.82) is 0 Å². The molecule has 1 aromatic carbocycles. The highest BCUT2D eigenvalue weighted by Gasteiger charge is 2.17. The normalized spacial score (nSPS) is 11.6. The van der Waals surface area contributed by atoms with Crippen molar-refractivity contribution >= 4 is 5.69 Å². The van der Waals surface area contributed by atoms with Gasteiger partial charge in [0.2, 0.25) is 0 Å². The third-order valence-corrected chi connectivity index (χ3v) is 2.96. The highest BCUT2D eigenvalue weighted by atomic mass is 15.0. The molecule has 0 aliphatic rings. The number of benzene rings is 1. The SMILES string of the molecule is Cc1ncc(CNc2ccccc2C(C)(C)C)[nH]1. The number of aromatic amines is 1. The van der Waals surface area contributed by atoms with Crippen LogP contribution in [0.2, 0.25) is 0 Å². The molecule has 1 aromatic heterocycles. The zero-order valence-electron chi connectivity index (χ0n) is 11.5. The van der Waals surface area contributed by atoms with E-state index in [0.29, 0.717) is 0 Å². The minimum atomic E-state index is 0.146. The van der Waals surface area contributed by atoms with Gasteiger partial charge in [0.25, 0.3) is 0 Å². The molecule has 18 heavy (non-hydrogen) atoms. The van der Waals surface area contributed by atoms with Crippen LogP contribution in [-0.2, 0) is 12.0 Å². The molecule has 3 heteroatoms. The molecule has 0 saturated heterocycles. The minimum absolute atomic E-state index is 0.146. The maximum atomic E-state index is 4.20. The summed E-state index contributed by atoms with van der Waals surface area (Å²) in [7, 11) is 0. The second kappa shape index (κ2) is 4.84. The van der Waals surface area contributed by atoms with Crippen LogP contribution >= 0.6 is 0 Å². The van der Waals surface area contributed by atoms with Crippen LogP contribution in [0.3, 0.4) is 0 Å². The molecule has 0 amide bonds. The second-order valence-electron chi connectivity index (χ2n) is 5.64. The van der Waals surface area contributed by atoms with Gasteiger partial charge in [-0.2, -0.15) is 0 Å². The van der Waals surface area contributed by atoms with E-state index in [1.165, 1.54) is 11.3 Å². The molecule has 3 nitrogen and oxygen atoms in total. The molecular formula is C15H21N3. The first-order valence-corrected chi connectivity index (χ1v) is 6.30. The van der Waals surface area contributed by atoms with Crippen LogP contribution in [0.1, 0.15) is 37.9 Å². The lowest BCUT2D eigenvalue weighted by molar-refractivity contribution is 0.591. The Morgan fingerprint density at radius 2 is 1.94 bits per heavy atom. The van der Waals surface area contributed by atoms with E-state index >= 15 is 0 Å². The number of nitrogens with zero attached hydrogens (tertiary/aromatic N) is 1. The van der Waals surface area contributed by atoms with Gasteiger partial charge in [-0.25, -0.2) is 4.98 Å². The van der Waals surface area contributed by atoms with Crippen molar-refractivity contribution in [2.75, 3.05) is 5.32 Å². The largest absolute Gasteiger partial charge is 0.379 e. The van der Waals surface area contributed by atoms with Crippen molar-refractivity contribution in [3.8, 4) is 0 Å². The Balaban J connectivity index is 2.14. The zero-order chi connectivity index (χ0) is 13.2. The van der Waals surface area contributed by atoms with Crippen LogP contribution < -0.4 is 5.32 Å². The molecule has 0 aliphatic heterocycles. The maximum Gasteiger partial charge on any atom is 0.103 e. The summed E-state index contributed by atoms with van der Waals surface area (Å²) in [5, 5.41) is 3.48. The van der Waals surface area contributed by atoms with E-state index in [2.05, 4.69) is 60.3 Å². The summed E-state index contributed by atoms with van der Waals surface area (Å²) in [6.07, 6.45) is 1.88. The number of hydrogen-bond acceptors (Lipinski definition) is 2. The predicted octanol–water partition coefficient (Wildman–Crippen LogP) is 3.63. The fourth-order valence-corrected chi connectivity index (χ4v) is 2.04. The molecule has 0 saturated carbocycles. The molecule has 2 N–H and O–H groups in total. The molecule has 1 heterocycles. The van der Waals surface area contributed by atoms with Crippen LogP contribution in [0.15, 0.2) is 30.5 Å². The molecular weight excluding hydrogens is 222 g/mol. The van der Waals surface area contributed by atoms with Crippen LogP contribution in [0, 0.1) is 6.92 Å². The van der Waals surface area contributed by atoms with Crippen LogP contribution in [0.4, 0.5) is 5.69 Å². The van der Waals surface area contributed by atoms with E-state index in [1.807, 2.05) is 13.1 Å². The number of hydrogen-bond donors (Lipinski definition) is 2. The van der Waals surface area contributed by atoms with E-state index in [9.17, 15) is 0 Å². The van der Waals surface area contributed by atoms with Gasteiger partial charge >= 0.3 is 0 Å². The van der Waals surface area contributed by atoms with E-state index in [4.69, 9.17) is 0 Å². The smallest absolute Gasteiger partial charge is 0.103 e. The fourth-order valence-electron chi connectivity index (χ4n) is 2.04. The number of anilines is 1. The average molecular weight is 243 g/mol. The van der Waals surface area contributed by atoms with E-state index in [-0.39, 0.29) is 5.41 Å². The molecule has 0 radical (unpaired) electrons. The van der Waals surface area contributed by atoms with Crippen molar-refractivity contribution in [1.82, 2.24) is 9.97 Å². The standard InChI is InChI=1S/C15H21N3/c1-11-16-9-12(18-11)10-17-14-8-6-5-7-13(14)15(2,3)4/h5-9,17H,10H2,1-4H3,(H,16,18). The zero-order valence-corrected chi connectivity index (χ0v) is 11.5. The summed E-state index contributed by atoms with van der Waals surface area (Å²) in [4.78, 5) is 7.44. The Morgan fingerprint density at radius 3 is 2.56 bits per heavy atom. The van der Waals surface area contributed by atoms with Gasteiger partial charge in [-0.3, -0.25) is 0 Å². The first-order chi connectivity index (χ1) is 8.47. The third kappa shape index (κ3) is 2.92. The van der Waals surface area contributed by atoms with E-state index in [0.717, 1.165) is 18.1 Å². The molecule has 2 aromatic rings. The number of H-pyrrole nitrogens is 1. The monoisotopic (exact) mass is 243 g/mol. The van der Waals surface area contributed by atoms with Crippen molar-refractivity contribution in [2.45, 2.75) is 39.7 Å². The highest BCUT2D eigenvalue weighted by Crippen LogP contribution is 2.29. The Labute approximate surface area is 109 Å². The van der Waals surface area contributed by atoms with Gasteiger partial charge in [0, 0.05) is 5.69 Å². The lowest BCUT2D eigenvalue weighted by Gasteiger charge is -2.23. The molecule has 96 valence electrons. The molecule has 0 spiro atoms. The number of para-hydroxylation sites is 1. The molecule has 2 rings (SSSR count). The van der Waals surface area contributed by atoms with Crippen molar-refractivity contribution in [2.24, 2.45) is 0 Å². The fraction of sp³-hybridized carbons (Fsp3) is 0.400. The van der Waals surface area contributed by atoms with Gasteiger partial charge in [-0.1, -0.05) is 39.0 Å². The summed E-state index contributed by atoms with van der Waals surface area (Å²) in [6.45, 7) is 9.43. The number of aromatic nitrogens is 2. The van der Waals surface area contributed by atoms with Gasteiger partial charge in [0.05, 0.1) is 18.4 Å². The van der Waals surface area contributed by atoms with Crippen LogP contribution in [-0.4, -0.2) is 9.97 Å². The number of imidazole rings is 1. The molecule has 0 unspecified atom stereocenters. The average Bonchev–Trinajstić information content (AvgIpc) is 2.72. The molecule has 0 fully saturated rings. The maximum absolute atomic E-state index is 4.20. The second-order valence-corrected chi connectivity index (χ2v) is 5.64. The number of rotatable bonds is 3. The van der Waals surface area contributed by atoms with Crippen molar-refractivity contribution in [3.05, 3.63) is 47.5 Å². The Kier molecular flexibility index (Phi) is 3.41. The number of aryl methyl sites for hydroxylation is 1. The first-order valence-electron chi connectivity index (χ1n) is 6.30. The Hall–Kier alpha value is -1.77.